The van der Waals surface area contributed by atoms with E-state index in [9.17, 15) is 4.79 Å². The Bertz CT molecular complexity index is 187. The summed E-state index contributed by atoms with van der Waals surface area (Å²) in [6.07, 6.45) is 0.205. The number of carbonyl (C=O) groups is 1. The third-order valence-electron chi connectivity index (χ3n) is 2.47. The molecular weight excluding hydrogens is 184 g/mol. The minimum atomic E-state index is -0.735. The Morgan fingerprint density at radius 3 is 3.14 bits per heavy atom. The molecule has 0 aromatic carbocycles. The molecule has 1 aliphatic rings. The predicted molar refractivity (Wildman–Crippen MR) is 52.4 cm³/mol. The average Bonchev–Trinajstić information content (AvgIpc) is 2.16. The molecular formula is C9H18N2O3. The van der Waals surface area contributed by atoms with Crippen LogP contribution in [0.1, 0.15) is 6.42 Å². The second-order valence-corrected chi connectivity index (χ2v) is 3.48. The molecule has 14 heavy (non-hydrogen) atoms. The molecule has 0 aromatic heterocycles. The third kappa shape index (κ3) is 3.61. The number of piperazine rings is 1. The van der Waals surface area contributed by atoms with Gasteiger partial charge in [0.25, 0.3) is 0 Å². The molecule has 5 nitrogen and oxygen atoms in total. The highest BCUT2D eigenvalue weighted by molar-refractivity contribution is 5.67. The summed E-state index contributed by atoms with van der Waals surface area (Å²) in [7, 11) is 1.66. The zero-order valence-electron chi connectivity index (χ0n) is 8.53. The molecule has 1 rings (SSSR count). The van der Waals surface area contributed by atoms with Gasteiger partial charge in [-0.15, -0.1) is 0 Å². The van der Waals surface area contributed by atoms with Crippen LogP contribution in [0.25, 0.3) is 0 Å². The van der Waals surface area contributed by atoms with Crippen LogP contribution in [0.4, 0.5) is 0 Å². The normalized spacial score (nSPS) is 23.6. The standard InChI is InChI=1S/C9H18N2O3/c1-14-5-4-11-3-2-10-7-8(11)6-9(12)13/h8,10H,2-7H2,1H3,(H,12,13). The Labute approximate surface area is 84.0 Å². The van der Waals surface area contributed by atoms with Gasteiger partial charge < -0.3 is 15.2 Å². The van der Waals surface area contributed by atoms with Crippen molar-refractivity contribution in [3.05, 3.63) is 0 Å². The van der Waals surface area contributed by atoms with Gasteiger partial charge in [0.1, 0.15) is 0 Å². The fourth-order valence-corrected chi connectivity index (χ4v) is 1.71. The van der Waals surface area contributed by atoms with Crippen molar-refractivity contribution in [1.82, 2.24) is 10.2 Å². The molecule has 0 aromatic rings. The maximum Gasteiger partial charge on any atom is 0.304 e. The molecule has 1 atom stereocenters. The molecule has 2 N–H and O–H groups in total. The summed E-state index contributed by atoms with van der Waals surface area (Å²) in [6, 6.07) is 0.108. The van der Waals surface area contributed by atoms with E-state index in [1.807, 2.05) is 0 Å². The minimum Gasteiger partial charge on any atom is -0.481 e. The Morgan fingerprint density at radius 2 is 2.50 bits per heavy atom. The number of carboxylic acid groups (broad SMARTS) is 1. The molecule has 0 spiro atoms. The topological polar surface area (TPSA) is 61.8 Å². The first-order valence-corrected chi connectivity index (χ1v) is 4.89. The third-order valence-corrected chi connectivity index (χ3v) is 2.47. The lowest BCUT2D eigenvalue weighted by atomic mass is 10.1. The maximum atomic E-state index is 10.6. The molecule has 0 saturated carbocycles. The molecule has 82 valence electrons. The summed E-state index contributed by atoms with van der Waals surface area (Å²) in [5, 5.41) is 11.9. The number of ether oxygens (including phenoxy) is 1. The van der Waals surface area contributed by atoms with Gasteiger partial charge in [0.05, 0.1) is 13.0 Å². The van der Waals surface area contributed by atoms with Crippen LogP contribution in [0.3, 0.4) is 0 Å². The average molecular weight is 202 g/mol. The van der Waals surface area contributed by atoms with Gasteiger partial charge in [-0.2, -0.15) is 0 Å². The van der Waals surface area contributed by atoms with Crippen molar-refractivity contribution in [2.45, 2.75) is 12.5 Å². The van der Waals surface area contributed by atoms with Gasteiger partial charge in [-0.3, -0.25) is 9.69 Å². The van der Waals surface area contributed by atoms with Crippen LogP contribution in [-0.2, 0) is 9.53 Å². The maximum absolute atomic E-state index is 10.6. The molecule has 5 heteroatoms. The summed E-state index contributed by atoms with van der Waals surface area (Å²) in [6.45, 7) is 4.07. The number of nitrogens with one attached hydrogen (secondary N) is 1. The smallest absolute Gasteiger partial charge is 0.304 e. The molecule has 0 aliphatic carbocycles. The number of aliphatic carboxylic acids is 1. The quantitative estimate of drug-likeness (QED) is 0.622. The van der Waals surface area contributed by atoms with Gasteiger partial charge in [-0.1, -0.05) is 0 Å². The Kier molecular flexibility index (Phi) is 4.86. The van der Waals surface area contributed by atoms with E-state index in [2.05, 4.69) is 10.2 Å². The summed E-state index contributed by atoms with van der Waals surface area (Å²) >= 11 is 0. The SMILES string of the molecule is COCCN1CCNCC1CC(=O)O. The van der Waals surface area contributed by atoms with Crippen molar-refractivity contribution in [3.63, 3.8) is 0 Å². The van der Waals surface area contributed by atoms with Crippen molar-refractivity contribution in [1.29, 1.82) is 0 Å². The van der Waals surface area contributed by atoms with Gasteiger partial charge in [0, 0.05) is 39.3 Å². The van der Waals surface area contributed by atoms with E-state index in [-0.39, 0.29) is 12.5 Å². The lowest BCUT2D eigenvalue weighted by Crippen LogP contribution is -2.52. The van der Waals surface area contributed by atoms with E-state index in [1.54, 1.807) is 7.11 Å². The van der Waals surface area contributed by atoms with Gasteiger partial charge in [0.2, 0.25) is 0 Å². The highest BCUT2D eigenvalue weighted by atomic mass is 16.5. The van der Waals surface area contributed by atoms with Gasteiger partial charge in [0.15, 0.2) is 0 Å². The van der Waals surface area contributed by atoms with Crippen LogP contribution < -0.4 is 5.32 Å². The lowest BCUT2D eigenvalue weighted by Gasteiger charge is -2.35. The zero-order chi connectivity index (χ0) is 10.4. The minimum absolute atomic E-state index is 0.108. The van der Waals surface area contributed by atoms with Gasteiger partial charge in [-0.05, 0) is 0 Å². The molecule has 1 aliphatic heterocycles. The summed E-state index contributed by atoms with van der Waals surface area (Å²) in [5.41, 5.74) is 0. The van der Waals surface area contributed by atoms with Crippen molar-refractivity contribution < 1.29 is 14.6 Å². The Balaban J connectivity index is 2.37. The Morgan fingerprint density at radius 1 is 1.71 bits per heavy atom. The molecule has 0 amide bonds. The first kappa shape index (κ1) is 11.4. The number of hydrogen-bond donors (Lipinski definition) is 2. The van der Waals surface area contributed by atoms with Crippen molar-refractivity contribution in [3.8, 4) is 0 Å². The summed E-state index contributed by atoms with van der Waals surface area (Å²) < 4.78 is 4.99. The molecule has 1 saturated heterocycles. The van der Waals surface area contributed by atoms with E-state index < -0.39 is 5.97 Å². The molecule has 1 fully saturated rings. The second-order valence-electron chi connectivity index (χ2n) is 3.48. The van der Waals surface area contributed by atoms with Crippen LogP contribution in [0.2, 0.25) is 0 Å². The van der Waals surface area contributed by atoms with Crippen molar-refractivity contribution in [2.75, 3.05) is 39.9 Å². The van der Waals surface area contributed by atoms with E-state index in [0.717, 1.165) is 26.2 Å². The van der Waals surface area contributed by atoms with Crippen molar-refractivity contribution in [2.24, 2.45) is 0 Å². The molecule has 1 heterocycles. The van der Waals surface area contributed by atoms with E-state index in [0.29, 0.717) is 6.61 Å². The first-order chi connectivity index (χ1) is 6.74. The fraction of sp³-hybridized carbons (Fsp3) is 0.889. The van der Waals surface area contributed by atoms with Crippen LogP contribution in [0.15, 0.2) is 0 Å². The second kappa shape index (κ2) is 5.95. The van der Waals surface area contributed by atoms with Crippen LogP contribution in [-0.4, -0.2) is 61.9 Å². The predicted octanol–water partition coefficient (Wildman–Crippen LogP) is -0.619. The highest BCUT2D eigenvalue weighted by Crippen LogP contribution is 2.06. The van der Waals surface area contributed by atoms with Gasteiger partial charge in [-0.25, -0.2) is 0 Å². The molecule has 0 bridgehead atoms. The summed E-state index contributed by atoms with van der Waals surface area (Å²) in [5.74, 6) is -0.735. The van der Waals surface area contributed by atoms with Crippen molar-refractivity contribution >= 4 is 5.97 Å². The number of methoxy groups -OCH3 is 1. The fourth-order valence-electron chi connectivity index (χ4n) is 1.71. The largest absolute Gasteiger partial charge is 0.481 e. The number of hydrogen-bond acceptors (Lipinski definition) is 4. The first-order valence-electron chi connectivity index (χ1n) is 4.89. The molecule has 0 radical (unpaired) electrons. The number of carboxylic acids is 1. The summed E-state index contributed by atoms with van der Waals surface area (Å²) in [4.78, 5) is 12.8. The monoisotopic (exact) mass is 202 g/mol. The van der Waals surface area contributed by atoms with E-state index >= 15 is 0 Å². The van der Waals surface area contributed by atoms with Gasteiger partial charge >= 0.3 is 5.97 Å². The number of nitrogens with zero attached hydrogens (tertiary/aromatic N) is 1. The van der Waals surface area contributed by atoms with E-state index in [1.165, 1.54) is 0 Å². The lowest BCUT2D eigenvalue weighted by molar-refractivity contribution is -0.138. The van der Waals surface area contributed by atoms with Crippen LogP contribution in [0, 0.1) is 0 Å². The molecule has 1 unspecified atom stereocenters. The van der Waals surface area contributed by atoms with E-state index in [4.69, 9.17) is 9.84 Å². The highest BCUT2D eigenvalue weighted by Gasteiger charge is 2.23. The van der Waals surface area contributed by atoms with Crippen LogP contribution >= 0.6 is 0 Å². The zero-order valence-corrected chi connectivity index (χ0v) is 8.53. The Hall–Kier alpha value is -0.650. The number of rotatable bonds is 5. The van der Waals surface area contributed by atoms with Crippen LogP contribution in [0.5, 0.6) is 0 Å².